The summed E-state index contributed by atoms with van der Waals surface area (Å²) >= 11 is 6.07. The summed E-state index contributed by atoms with van der Waals surface area (Å²) in [5, 5.41) is 3.28. The summed E-state index contributed by atoms with van der Waals surface area (Å²) in [4.78, 5) is 29.9. The third-order valence-corrected chi connectivity index (χ3v) is 3.86. The molecule has 0 bridgehead atoms. The van der Waals surface area contributed by atoms with Crippen molar-refractivity contribution in [2.75, 3.05) is 0 Å². The number of rotatable bonds is 4. The highest BCUT2D eigenvalue weighted by Gasteiger charge is 2.37. The molecule has 1 saturated heterocycles. The molecule has 5 nitrogen and oxygen atoms in total. The van der Waals surface area contributed by atoms with E-state index in [0.717, 1.165) is 12.0 Å². The van der Waals surface area contributed by atoms with Gasteiger partial charge in [-0.25, -0.2) is 0 Å². The van der Waals surface area contributed by atoms with E-state index < -0.39 is 12.1 Å². The molecule has 0 radical (unpaired) electrons. The molecule has 108 valence electrons. The third-order valence-electron chi connectivity index (χ3n) is 3.52. The Balaban J connectivity index is 2.21. The normalized spacial score (nSPS) is 22.9. The van der Waals surface area contributed by atoms with Crippen LogP contribution in [-0.4, -0.2) is 33.8 Å². The van der Waals surface area contributed by atoms with E-state index in [0.29, 0.717) is 18.0 Å². The molecule has 20 heavy (non-hydrogen) atoms. The molecule has 6 heteroatoms. The summed E-state index contributed by atoms with van der Waals surface area (Å²) in [6.45, 7) is 4.04. The van der Waals surface area contributed by atoms with Crippen LogP contribution in [0.2, 0.25) is 5.02 Å². The second-order valence-corrected chi connectivity index (χ2v) is 5.37. The van der Waals surface area contributed by atoms with Crippen molar-refractivity contribution >= 4 is 23.4 Å². The van der Waals surface area contributed by atoms with Gasteiger partial charge >= 0.3 is 0 Å². The van der Waals surface area contributed by atoms with E-state index in [1.54, 1.807) is 30.3 Å². The fraction of sp³-hybridized carbons (Fsp3) is 0.500. The minimum Gasteiger partial charge on any atom is -0.343 e. The number of amides is 2. The Hall–Kier alpha value is -1.62. The second kappa shape index (κ2) is 6.22. The van der Waals surface area contributed by atoms with Gasteiger partial charge in [0.05, 0.1) is 5.02 Å². The third kappa shape index (κ3) is 2.93. The van der Waals surface area contributed by atoms with E-state index in [1.165, 1.54) is 0 Å². The number of pyridine rings is 1. The molecule has 1 aliphatic rings. The monoisotopic (exact) mass is 295 g/mol. The zero-order valence-electron chi connectivity index (χ0n) is 11.6. The molecule has 2 amide bonds. The number of nitrogens with zero attached hydrogens (tertiary/aromatic N) is 2. The fourth-order valence-corrected chi connectivity index (χ4v) is 2.48. The van der Waals surface area contributed by atoms with Crippen LogP contribution >= 0.6 is 11.6 Å². The van der Waals surface area contributed by atoms with Crippen molar-refractivity contribution in [2.24, 2.45) is 0 Å². The lowest BCUT2D eigenvalue weighted by Gasteiger charge is -2.37. The average molecular weight is 296 g/mol. The first-order valence-corrected chi connectivity index (χ1v) is 7.11. The van der Waals surface area contributed by atoms with E-state index in [-0.39, 0.29) is 11.8 Å². The van der Waals surface area contributed by atoms with Gasteiger partial charge in [-0.3, -0.25) is 14.6 Å². The van der Waals surface area contributed by atoms with Crippen molar-refractivity contribution in [1.29, 1.82) is 0 Å². The Kier molecular flexibility index (Phi) is 4.60. The number of halogens is 1. The van der Waals surface area contributed by atoms with Gasteiger partial charge in [-0.15, -0.1) is 0 Å². The lowest BCUT2D eigenvalue weighted by atomic mass is 10.0. The van der Waals surface area contributed by atoms with E-state index in [2.05, 4.69) is 10.3 Å². The number of piperazine rings is 1. The Labute approximate surface area is 123 Å². The summed E-state index contributed by atoms with van der Waals surface area (Å²) in [5.74, 6) is -0.167. The zero-order valence-corrected chi connectivity index (χ0v) is 12.4. The second-order valence-electron chi connectivity index (χ2n) is 4.96. The van der Waals surface area contributed by atoms with Crippen LogP contribution in [0.4, 0.5) is 0 Å². The highest BCUT2D eigenvalue weighted by atomic mass is 35.5. The molecule has 2 rings (SSSR count). The molecule has 0 saturated carbocycles. The van der Waals surface area contributed by atoms with Crippen LogP contribution < -0.4 is 5.32 Å². The first-order chi connectivity index (χ1) is 9.54. The highest BCUT2D eigenvalue weighted by molar-refractivity contribution is 6.31. The van der Waals surface area contributed by atoms with Crippen molar-refractivity contribution < 1.29 is 9.59 Å². The number of hydrogen-bond acceptors (Lipinski definition) is 3. The molecular formula is C14H18ClN3O2. The van der Waals surface area contributed by atoms with Gasteiger partial charge in [0.25, 0.3) is 0 Å². The number of hydrogen-bond donors (Lipinski definition) is 1. The van der Waals surface area contributed by atoms with Crippen LogP contribution in [0.5, 0.6) is 0 Å². The Morgan fingerprint density at radius 2 is 2.20 bits per heavy atom. The van der Waals surface area contributed by atoms with Gasteiger partial charge in [-0.1, -0.05) is 24.9 Å². The van der Waals surface area contributed by atoms with Crippen molar-refractivity contribution in [2.45, 2.75) is 45.3 Å². The number of aromatic nitrogens is 1. The molecule has 1 fully saturated rings. The van der Waals surface area contributed by atoms with Crippen LogP contribution in [-0.2, 0) is 16.1 Å². The topological polar surface area (TPSA) is 62.3 Å². The summed E-state index contributed by atoms with van der Waals surface area (Å²) in [5.41, 5.74) is 0.798. The molecule has 2 unspecified atom stereocenters. The molecule has 0 spiro atoms. The smallest absolute Gasteiger partial charge is 0.246 e. The van der Waals surface area contributed by atoms with Crippen LogP contribution in [0.3, 0.4) is 0 Å². The summed E-state index contributed by atoms with van der Waals surface area (Å²) in [6, 6.07) is 0.855. The van der Waals surface area contributed by atoms with Crippen molar-refractivity contribution in [1.82, 2.24) is 15.2 Å². The van der Waals surface area contributed by atoms with Crippen molar-refractivity contribution in [3.8, 4) is 0 Å². The van der Waals surface area contributed by atoms with E-state index in [9.17, 15) is 9.59 Å². The maximum atomic E-state index is 12.4. The van der Waals surface area contributed by atoms with Crippen LogP contribution in [0.1, 0.15) is 32.3 Å². The van der Waals surface area contributed by atoms with E-state index in [1.807, 2.05) is 6.92 Å². The predicted molar refractivity (Wildman–Crippen MR) is 76.1 cm³/mol. The van der Waals surface area contributed by atoms with Crippen LogP contribution in [0, 0.1) is 0 Å². The molecule has 1 aliphatic heterocycles. The van der Waals surface area contributed by atoms with Crippen molar-refractivity contribution in [3.05, 3.63) is 29.0 Å². The minimum atomic E-state index is -0.486. The van der Waals surface area contributed by atoms with Crippen LogP contribution in [0.25, 0.3) is 0 Å². The first-order valence-electron chi connectivity index (χ1n) is 6.73. The Morgan fingerprint density at radius 1 is 1.45 bits per heavy atom. The minimum absolute atomic E-state index is 0.0492. The molecule has 2 heterocycles. The summed E-state index contributed by atoms with van der Waals surface area (Å²) < 4.78 is 0. The maximum absolute atomic E-state index is 12.4. The Bertz CT molecular complexity index is 521. The zero-order chi connectivity index (χ0) is 14.7. The lowest BCUT2D eigenvalue weighted by Crippen LogP contribution is -2.61. The number of nitrogens with one attached hydrogen (secondary N) is 1. The fourth-order valence-electron chi connectivity index (χ4n) is 2.30. The van der Waals surface area contributed by atoms with Crippen LogP contribution in [0.15, 0.2) is 18.5 Å². The van der Waals surface area contributed by atoms with E-state index in [4.69, 9.17) is 11.6 Å². The van der Waals surface area contributed by atoms with Gasteiger partial charge in [0.1, 0.15) is 12.1 Å². The number of carbonyl (C=O) groups is 2. The lowest BCUT2D eigenvalue weighted by molar-refractivity contribution is -0.149. The maximum Gasteiger partial charge on any atom is 0.246 e. The molecule has 0 aromatic carbocycles. The highest BCUT2D eigenvalue weighted by Crippen LogP contribution is 2.20. The van der Waals surface area contributed by atoms with Gasteiger partial charge in [0.15, 0.2) is 0 Å². The van der Waals surface area contributed by atoms with Gasteiger partial charge in [0.2, 0.25) is 11.8 Å². The van der Waals surface area contributed by atoms with Gasteiger partial charge in [-0.2, -0.15) is 0 Å². The average Bonchev–Trinajstić information content (AvgIpc) is 2.43. The molecule has 1 aromatic rings. The standard InChI is InChI=1S/C14H18ClN3O2/c1-3-4-12-14(20)18(9(2)13(19)17-12)8-10-5-6-16-7-11(10)15/h5-7,9,12H,3-4,8H2,1-2H3,(H,17,19). The molecule has 2 atom stereocenters. The van der Waals surface area contributed by atoms with Gasteiger partial charge in [0, 0.05) is 18.9 Å². The largest absolute Gasteiger partial charge is 0.343 e. The SMILES string of the molecule is CCCC1NC(=O)C(C)N(Cc2ccncc2Cl)C1=O. The van der Waals surface area contributed by atoms with Gasteiger partial charge < -0.3 is 10.2 Å². The molecular weight excluding hydrogens is 278 g/mol. The quantitative estimate of drug-likeness (QED) is 0.920. The molecule has 1 N–H and O–H groups in total. The first kappa shape index (κ1) is 14.8. The number of carbonyl (C=O) groups excluding carboxylic acids is 2. The van der Waals surface area contributed by atoms with E-state index >= 15 is 0 Å². The molecule has 1 aromatic heterocycles. The summed E-state index contributed by atoms with van der Waals surface area (Å²) in [7, 11) is 0. The van der Waals surface area contributed by atoms with Gasteiger partial charge in [-0.05, 0) is 25.0 Å². The molecule has 0 aliphatic carbocycles. The predicted octanol–water partition coefficient (Wildman–Crippen LogP) is 1.75. The Morgan fingerprint density at radius 3 is 2.85 bits per heavy atom. The summed E-state index contributed by atoms with van der Waals surface area (Å²) in [6.07, 6.45) is 4.66. The van der Waals surface area contributed by atoms with Crippen molar-refractivity contribution in [3.63, 3.8) is 0 Å².